The van der Waals surface area contributed by atoms with Crippen molar-refractivity contribution in [1.29, 1.82) is 0 Å². The summed E-state index contributed by atoms with van der Waals surface area (Å²) in [5.41, 5.74) is 8.46. The summed E-state index contributed by atoms with van der Waals surface area (Å²) >= 11 is 0. The van der Waals surface area contributed by atoms with Crippen LogP contribution in [0.2, 0.25) is 0 Å². The number of aromatic nitrogens is 3. The van der Waals surface area contributed by atoms with Crippen LogP contribution in [0.1, 0.15) is 13.8 Å². The maximum atomic E-state index is 12.8. The van der Waals surface area contributed by atoms with E-state index in [1.54, 1.807) is 29.0 Å². The van der Waals surface area contributed by atoms with Crippen molar-refractivity contribution < 1.29 is 4.39 Å². The third-order valence-corrected chi connectivity index (χ3v) is 2.47. The van der Waals surface area contributed by atoms with E-state index in [0.29, 0.717) is 11.3 Å². The van der Waals surface area contributed by atoms with Gasteiger partial charge in [-0.2, -0.15) is 5.10 Å². The molecule has 0 aliphatic carbocycles. The Morgan fingerprint density at radius 2 is 1.84 bits per heavy atom. The highest BCUT2D eigenvalue weighted by Gasteiger charge is 2.05. The molecule has 0 fully saturated rings. The predicted molar refractivity (Wildman–Crippen MR) is 74.1 cm³/mol. The van der Waals surface area contributed by atoms with Gasteiger partial charge < -0.3 is 5.73 Å². The first-order valence-corrected chi connectivity index (χ1v) is 6.09. The van der Waals surface area contributed by atoms with Gasteiger partial charge >= 0.3 is 0 Å². The average molecular weight is 258 g/mol. The smallest absolute Gasteiger partial charge is 0.155 e. The lowest BCUT2D eigenvalue weighted by molar-refractivity contribution is 0.628. The van der Waals surface area contributed by atoms with Gasteiger partial charge in [0.15, 0.2) is 5.65 Å². The molecule has 1 aromatic carbocycles. The van der Waals surface area contributed by atoms with Crippen LogP contribution in [0.15, 0.2) is 42.7 Å². The molecule has 0 saturated carbocycles. The van der Waals surface area contributed by atoms with Crippen LogP contribution in [0.25, 0.3) is 16.9 Å². The molecule has 19 heavy (non-hydrogen) atoms. The summed E-state index contributed by atoms with van der Waals surface area (Å²) in [6.07, 6.45) is 3.26. The number of benzene rings is 1. The van der Waals surface area contributed by atoms with Gasteiger partial charge in [-0.1, -0.05) is 13.8 Å². The van der Waals surface area contributed by atoms with Crippen molar-refractivity contribution in [1.82, 2.24) is 14.6 Å². The minimum atomic E-state index is -0.264. The van der Waals surface area contributed by atoms with Crippen molar-refractivity contribution in [3.63, 3.8) is 0 Å². The Hall–Kier alpha value is -2.43. The Morgan fingerprint density at radius 1 is 1.16 bits per heavy atom. The maximum Gasteiger partial charge on any atom is 0.155 e. The van der Waals surface area contributed by atoms with Gasteiger partial charge in [0.25, 0.3) is 0 Å². The number of halogens is 1. The minimum Gasteiger partial charge on any atom is -0.396 e. The molecule has 4 nitrogen and oxygen atoms in total. The molecule has 2 N–H and O–H groups in total. The van der Waals surface area contributed by atoms with Gasteiger partial charge in [-0.05, 0) is 24.3 Å². The van der Waals surface area contributed by atoms with E-state index in [9.17, 15) is 4.39 Å². The van der Waals surface area contributed by atoms with Gasteiger partial charge in [-0.3, -0.25) is 0 Å². The lowest BCUT2D eigenvalue weighted by atomic mass is 10.1. The van der Waals surface area contributed by atoms with Crippen LogP contribution in [0.5, 0.6) is 0 Å². The Balaban J connectivity index is 0.000000637. The molecule has 98 valence electrons. The molecule has 0 radical (unpaired) electrons. The van der Waals surface area contributed by atoms with E-state index in [-0.39, 0.29) is 5.82 Å². The van der Waals surface area contributed by atoms with E-state index in [0.717, 1.165) is 11.3 Å². The van der Waals surface area contributed by atoms with Crippen molar-refractivity contribution in [2.75, 3.05) is 5.73 Å². The third kappa shape index (κ3) is 2.70. The van der Waals surface area contributed by atoms with E-state index >= 15 is 0 Å². The summed E-state index contributed by atoms with van der Waals surface area (Å²) in [5, 5.41) is 4.33. The molecule has 0 aliphatic rings. The largest absolute Gasteiger partial charge is 0.396 e. The molecule has 2 aromatic heterocycles. The van der Waals surface area contributed by atoms with Gasteiger partial charge in [-0.15, -0.1) is 0 Å². The predicted octanol–water partition coefficient (Wildman–Crippen LogP) is 3.14. The summed E-state index contributed by atoms with van der Waals surface area (Å²) in [7, 11) is 0. The van der Waals surface area contributed by atoms with E-state index in [1.807, 2.05) is 19.9 Å². The van der Waals surface area contributed by atoms with Crippen LogP contribution >= 0.6 is 0 Å². The number of nitrogens with zero attached hydrogens (tertiary/aromatic N) is 3. The van der Waals surface area contributed by atoms with Crippen molar-refractivity contribution >= 4 is 11.3 Å². The second-order valence-corrected chi connectivity index (χ2v) is 3.73. The minimum absolute atomic E-state index is 0.264. The molecule has 3 aromatic rings. The number of hydrogen-bond donors (Lipinski definition) is 1. The molecule has 3 rings (SSSR count). The van der Waals surface area contributed by atoms with Crippen LogP contribution in [-0.2, 0) is 0 Å². The molecule has 0 saturated heterocycles. The first-order chi connectivity index (χ1) is 9.22. The number of anilines is 1. The third-order valence-electron chi connectivity index (χ3n) is 2.47. The Kier molecular flexibility index (Phi) is 3.75. The Morgan fingerprint density at radius 3 is 2.53 bits per heavy atom. The number of nitrogen functional groups attached to an aromatic ring is 1. The van der Waals surface area contributed by atoms with Crippen molar-refractivity contribution in [3.05, 3.63) is 48.5 Å². The van der Waals surface area contributed by atoms with Crippen molar-refractivity contribution in [3.8, 4) is 11.3 Å². The zero-order chi connectivity index (χ0) is 13.8. The second-order valence-electron chi connectivity index (χ2n) is 3.73. The fourth-order valence-corrected chi connectivity index (χ4v) is 1.65. The van der Waals surface area contributed by atoms with Gasteiger partial charge in [-0.25, -0.2) is 13.9 Å². The highest BCUT2D eigenvalue weighted by atomic mass is 19.1. The first kappa shape index (κ1) is 13.0. The molecule has 0 bridgehead atoms. The molecule has 0 aliphatic heterocycles. The summed E-state index contributed by atoms with van der Waals surface area (Å²) in [5.74, 6) is -0.264. The quantitative estimate of drug-likeness (QED) is 0.729. The van der Waals surface area contributed by atoms with E-state index < -0.39 is 0 Å². The van der Waals surface area contributed by atoms with E-state index in [2.05, 4.69) is 10.1 Å². The van der Waals surface area contributed by atoms with E-state index in [4.69, 9.17) is 5.73 Å². The Bertz CT molecular complexity index is 673. The summed E-state index contributed by atoms with van der Waals surface area (Å²) in [6, 6.07) is 8.00. The molecule has 0 unspecified atom stereocenters. The molecular formula is C14H15FN4. The fourth-order valence-electron chi connectivity index (χ4n) is 1.65. The van der Waals surface area contributed by atoms with Gasteiger partial charge in [0.1, 0.15) is 5.82 Å². The summed E-state index contributed by atoms with van der Waals surface area (Å²) in [6.45, 7) is 4.00. The molecule has 0 atom stereocenters. The second kappa shape index (κ2) is 5.48. The van der Waals surface area contributed by atoms with Gasteiger partial charge in [0.05, 0.1) is 23.8 Å². The molecular weight excluding hydrogens is 243 g/mol. The van der Waals surface area contributed by atoms with Crippen LogP contribution in [-0.4, -0.2) is 14.6 Å². The molecule has 2 heterocycles. The van der Waals surface area contributed by atoms with Crippen LogP contribution in [0.3, 0.4) is 0 Å². The summed E-state index contributed by atoms with van der Waals surface area (Å²) in [4.78, 5) is 4.15. The topological polar surface area (TPSA) is 56.2 Å². The monoisotopic (exact) mass is 258 g/mol. The maximum absolute atomic E-state index is 12.8. The van der Waals surface area contributed by atoms with Crippen LogP contribution in [0.4, 0.5) is 10.1 Å². The number of hydrogen-bond acceptors (Lipinski definition) is 3. The number of nitrogens with two attached hydrogens (primary N) is 1. The Labute approximate surface area is 110 Å². The SMILES string of the molecule is CC.Nc1cnc2cc(-c3ccc(F)cc3)nn2c1. The highest BCUT2D eigenvalue weighted by molar-refractivity contribution is 5.64. The zero-order valence-corrected chi connectivity index (χ0v) is 10.8. The van der Waals surface area contributed by atoms with Crippen LogP contribution < -0.4 is 5.73 Å². The zero-order valence-electron chi connectivity index (χ0n) is 10.8. The number of rotatable bonds is 1. The molecule has 5 heteroatoms. The fraction of sp³-hybridized carbons (Fsp3) is 0.143. The van der Waals surface area contributed by atoms with E-state index in [1.165, 1.54) is 12.1 Å². The average Bonchev–Trinajstić information content (AvgIpc) is 2.84. The van der Waals surface area contributed by atoms with Gasteiger partial charge in [0.2, 0.25) is 0 Å². The van der Waals surface area contributed by atoms with Crippen LogP contribution in [0, 0.1) is 5.82 Å². The lowest BCUT2D eigenvalue weighted by Crippen LogP contribution is -1.93. The molecule has 0 amide bonds. The number of fused-ring (bicyclic) bond motifs is 1. The summed E-state index contributed by atoms with van der Waals surface area (Å²) < 4.78 is 14.4. The van der Waals surface area contributed by atoms with Crippen molar-refractivity contribution in [2.45, 2.75) is 13.8 Å². The molecule has 0 spiro atoms. The first-order valence-electron chi connectivity index (χ1n) is 6.09. The van der Waals surface area contributed by atoms with Gasteiger partial charge in [0, 0.05) is 11.6 Å². The lowest BCUT2D eigenvalue weighted by Gasteiger charge is -1.95. The highest BCUT2D eigenvalue weighted by Crippen LogP contribution is 2.19. The van der Waals surface area contributed by atoms with Crippen molar-refractivity contribution in [2.24, 2.45) is 0 Å². The standard InChI is InChI=1S/C12H9FN4.C2H6/c13-9-3-1-8(2-4-9)11-5-12-15-6-10(14)7-17(12)16-11;1-2/h1-7H,14H2;1-2H3. The normalized spacial score (nSPS) is 10.1.